The topological polar surface area (TPSA) is 29.5 Å². The molecule has 0 aliphatic rings. The summed E-state index contributed by atoms with van der Waals surface area (Å²) in [7, 11) is 3.34. The maximum absolute atomic E-state index is 13.5. The fourth-order valence-electron chi connectivity index (χ4n) is 2.67. The van der Waals surface area contributed by atoms with Gasteiger partial charge in [-0.15, -0.1) is 0 Å². The SMILES string of the molecule is C=C(CCN(C)C(=O)c1ccc(Cl)c(F)c1)c1ccc(OC)c(CC)c1. The van der Waals surface area contributed by atoms with Crippen LogP contribution in [-0.4, -0.2) is 31.5 Å². The maximum Gasteiger partial charge on any atom is 0.253 e. The second-order valence-corrected chi connectivity index (χ2v) is 6.50. The number of carbonyl (C=O) groups is 1. The highest BCUT2D eigenvalue weighted by molar-refractivity contribution is 6.30. The minimum absolute atomic E-state index is 0.00353. The fourth-order valence-corrected chi connectivity index (χ4v) is 2.79. The molecule has 0 saturated carbocycles. The number of hydrogen-bond donors (Lipinski definition) is 0. The van der Waals surface area contributed by atoms with E-state index in [1.807, 2.05) is 12.1 Å². The van der Waals surface area contributed by atoms with Gasteiger partial charge in [0.25, 0.3) is 5.91 Å². The van der Waals surface area contributed by atoms with Crippen LogP contribution >= 0.6 is 11.6 Å². The van der Waals surface area contributed by atoms with Crippen LogP contribution in [0.15, 0.2) is 43.0 Å². The van der Waals surface area contributed by atoms with Crippen molar-refractivity contribution in [3.63, 3.8) is 0 Å². The first-order valence-corrected chi connectivity index (χ1v) is 8.80. The number of carbonyl (C=O) groups excluding carboxylic acids is 1. The Labute approximate surface area is 159 Å². The Balaban J connectivity index is 2.02. The van der Waals surface area contributed by atoms with E-state index in [0.717, 1.165) is 34.9 Å². The molecule has 0 aromatic heterocycles. The van der Waals surface area contributed by atoms with Crippen LogP contribution in [0.5, 0.6) is 5.75 Å². The van der Waals surface area contributed by atoms with E-state index in [2.05, 4.69) is 19.6 Å². The lowest BCUT2D eigenvalue weighted by Gasteiger charge is -2.18. The van der Waals surface area contributed by atoms with Crippen molar-refractivity contribution in [2.24, 2.45) is 0 Å². The van der Waals surface area contributed by atoms with Crippen LogP contribution in [-0.2, 0) is 6.42 Å². The molecule has 5 heteroatoms. The molecule has 0 heterocycles. The van der Waals surface area contributed by atoms with E-state index in [4.69, 9.17) is 16.3 Å². The van der Waals surface area contributed by atoms with Gasteiger partial charge in [-0.1, -0.05) is 31.2 Å². The van der Waals surface area contributed by atoms with Gasteiger partial charge in [-0.05, 0) is 59.9 Å². The van der Waals surface area contributed by atoms with Gasteiger partial charge >= 0.3 is 0 Å². The van der Waals surface area contributed by atoms with Crippen LogP contribution in [0.2, 0.25) is 5.02 Å². The monoisotopic (exact) mass is 375 g/mol. The summed E-state index contributed by atoms with van der Waals surface area (Å²) >= 11 is 5.66. The molecule has 3 nitrogen and oxygen atoms in total. The fraction of sp³-hybridized carbons (Fsp3) is 0.286. The van der Waals surface area contributed by atoms with Gasteiger partial charge in [0.2, 0.25) is 0 Å². The lowest BCUT2D eigenvalue weighted by molar-refractivity contribution is 0.0797. The first-order chi connectivity index (χ1) is 12.4. The zero-order valence-corrected chi connectivity index (χ0v) is 16.1. The van der Waals surface area contributed by atoms with Gasteiger partial charge in [0.15, 0.2) is 0 Å². The Hall–Kier alpha value is -2.33. The van der Waals surface area contributed by atoms with Crippen LogP contribution in [0.25, 0.3) is 5.57 Å². The molecule has 1 amide bonds. The molecule has 2 aromatic carbocycles. The summed E-state index contributed by atoms with van der Waals surface area (Å²) in [6.45, 7) is 6.68. The van der Waals surface area contributed by atoms with Gasteiger partial charge in [0.1, 0.15) is 11.6 Å². The summed E-state index contributed by atoms with van der Waals surface area (Å²) in [5.41, 5.74) is 3.36. The van der Waals surface area contributed by atoms with Gasteiger partial charge in [-0.25, -0.2) is 4.39 Å². The third kappa shape index (κ3) is 4.64. The van der Waals surface area contributed by atoms with Crippen molar-refractivity contribution in [3.05, 3.63) is 70.5 Å². The molecule has 0 atom stereocenters. The number of benzene rings is 2. The first-order valence-electron chi connectivity index (χ1n) is 8.43. The predicted octanol–water partition coefficient (Wildman–Crippen LogP) is 5.23. The number of rotatable bonds is 7. The molecule has 0 saturated heterocycles. The van der Waals surface area contributed by atoms with Gasteiger partial charge in [-0.3, -0.25) is 4.79 Å². The molecular formula is C21H23ClFNO2. The summed E-state index contributed by atoms with van der Waals surface area (Å²) in [6, 6.07) is 10.0. The average molecular weight is 376 g/mol. The Kier molecular flexibility index (Phi) is 6.81. The van der Waals surface area contributed by atoms with Crippen LogP contribution in [0.3, 0.4) is 0 Å². The maximum atomic E-state index is 13.5. The second kappa shape index (κ2) is 8.86. The van der Waals surface area contributed by atoms with Crippen LogP contribution in [0.1, 0.15) is 34.8 Å². The summed E-state index contributed by atoms with van der Waals surface area (Å²) in [5.74, 6) is 0.0131. The van der Waals surface area contributed by atoms with E-state index in [1.54, 1.807) is 19.1 Å². The van der Waals surface area contributed by atoms with Crippen LogP contribution in [0.4, 0.5) is 4.39 Å². The second-order valence-electron chi connectivity index (χ2n) is 6.09. The third-order valence-electron chi connectivity index (χ3n) is 4.33. The van der Waals surface area contributed by atoms with Crippen molar-refractivity contribution in [2.45, 2.75) is 19.8 Å². The van der Waals surface area contributed by atoms with Gasteiger partial charge in [0, 0.05) is 19.2 Å². The van der Waals surface area contributed by atoms with E-state index in [9.17, 15) is 9.18 Å². The minimum Gasteiger partial charge on any atom is -0.496 e. The number of methoxy groups -OCH3 is 1. The van der Waals surface area contributed by atoms with E-state index in [0.29, 0.717) is 13.0 Å². The number of amides is 1. The minimum atomic E-state index is -0.597. The van der Waals surface area contributed by atoms with Crippen LogP contribution < -0.4 is 4.74 Å². The van der Waals surface area contributed by atoms with Gasteiger partial charge < -0.3 is 9.64 Å². The molecule has 26 heavy (non-hydrogen) atoms. The average Bonchev–Trinajstić information content (AvgIpc) is 2.66. The molecule has 0 fully saturated rings. The smallest absolute Gasteiger partial charge is 0.253 e. The molecule has 2 aromatic rings. The number of halogens is 2. The zero-order valence-electron chi connectivity index (χ0n) is 15.3. The standard InChI is InChI=1S/C21H23ClFNO2/c1-5-15-12-16(7-9-20(15)26-4)14(2)10-11-24(3)21(25)17-6-8-18(22)19(23)13-17/h6-9,12-13H,2,5,10-11H2,1,3-4H3. The summed E-state index contributed by atoms with van der Waals surface area (Å²) < 4.78 is 18.9. The molecule has 0 unspecified atom stereocenters. The third-order valence-corrected chi connectivity index (χ3v) is 4.64. The Bertz CT molecular complexity index is 820. The highest BCUT2D eigenvalue weighted by Crippen LogP contribution is 2.25. The summed E-state index contributed by atoms with van der Waals surface area (Å²) in [4.78, 5) is 14.0. The van der Waals surface area contributed by atoms with Gasteiger partial charge in [-0.2, -0.15) is 0 Å². The highest BCUT2D eigenvalue weighted by Gasteiger charge is 2.14. The highest BCUT2D eigenvalue weighted by atomic mass is 35.5. The summed E-state index contributed by atoms with van der Waals surface area (Å²) in [6.07, 6.45) is 1.48. The molecule has 0 aliphatic carbocycles. The quantitative estimate of drug-likeness (QED) is 0.663. The number of nitrogens with zero attached hydrogens (tertiary/aromatic N) is 1. The predicted molar refractivity (Wildman–Crippen MR) is 104 cm³/mol. The van der Waals surface area contributed by atoms with Crippen molar-refractivity contribution >= 4 is 23.1 Å². The number of hydrogen-bond acceptors (Lipinski definition) is 2. The lowest BCUT2D eigenvalue weighted by Crippen LogP contribution is -2.28. The van der Waals surface area contributed by atoms with Crippen LogP contribution in [0, 0.1) is 5.82 Å². The van der Waals surface area contributed by atoms with E-state index >= 15 is 0 Å². The zero-order chi connectivity index (χ0) is 19.3. The molecule has 0 aliphatic heterocycles. The number of ether oxygens (including phenoxy) is 1. The van der Waals surface area contributed by atoms with E-state index < -0.39 is 5.82 Å². The van der Waals surface area contributed by atoms with Crippen molar-refractivity contribution in [3.8, 4) is 5.75 Å². The normalized spacial score (nSPS) is 10.5. The van der Waals surface area contributed by atoms with Crippen molar-refractivity contribution in [1.82, 2.24) is 4.90 Å². The molecule has 0 radical (unpaired) electrons. The van der Waals surface area contributed by atoms with Crippen molar-refractivity contribution < 1.29 is 13.9 Å². The number of aryl methyl sites for hydroxylation is 1. The largest absolute Gasteiger partial charge is 0.496 e. The lowest BCUT2D eigenvalue weighted by atomic mass is 10.00. The molecular weight excluding hydrogens is 353 g/mol. The molecule has 2 rings (SSSR count). The molecule has 0 bridgehead atoms. The molecule has 0 spiro atoms. The Morgan fingerprint density at radius 2 is 1.92 bits per heavy atom. The van der Waals surface area contributed by atoms with Crippen molar-refractivity contribution in [2.75, 3.05) is 20.7 Å². The first kappa shape index (κ1) is 20.0. The molecule has 138 valence electrons. The Morgan fingerprint density at radius 3 is 2.54 bits per heavy atom. The Morgan fingerprint density at radius 1 is 1.23 bits per heavy atom. The molecule has 0 N–H and O–H groups in total. The van der Waals surface area contributed by atoms with E-state index in [-0.39, 0.29) is 16.5 Å². The van der Waals surface area contributed by atoms with E-state index in [1.165, 1.54) is 12.1 Å². The summed E-state index contributed by atoms with van der Waals surface area (Å²) in [5, 5.41) is 0.00353. The van der Waals surface area contributed by atoms with Gasteiger partial charge in [0.05, 0.1) is 12.1 Å². The van der Waals surface area contributed by atoms with Crippen molar-refractivity contribution in [1.29, 1.82) is 0 Å².